The van der Waals surface area contributed by atoms with Gasteiger partial charge in [-0.15, -0.1) is 10.2 Å². The summed E-state index contributed by atoms with van der Waals surface area (Å²) in [7, 11) is 0. The molecular formula is C25H27N5O. The number of piperidine rings is 1. The number of anilines is 2. The maximum Gasteiger partial charge on any atom is 0.231 e. The maximum atomic E-state index is 13.5. The van der Waals surface area contributed by atoms with Crippen molar-refractivity contribution in [1.82, 2.24) is 15.2 Å². The number of aromatic nitrogens is 3. The predicted molar refractivity (Wildman–Crippen MR) is 122 cm³/mol. The summed E-state index contributed by atoms with van der Waals surface area (Å²) >= 11 is 0. The minimum absolute atomic E-state index is 0.0131. The largest absolute Gasteiger partial charge is 0.354 e. The van der Waals surface area contributed by atoms with Crippen molar-refractivity contribution >= 4 is 17.4 Å². The van der Waals surface area contributed by atoms with E-state index in [0.717, 1.165) is 61.5 Å². The van der Waals surface area contributed by atoms with Gasteiger partial charge in [-0.05, 0) is 68.5 Å². The Kier molecular flexibility index (Phi) is 5.37. The molecule has 3 aromatic rings. The second-order valence-corrected chi connectivity index (χ2v) is 8.53. The summed E-state index contributed by atoms with van der Waals surface area (Å²) in [6.45, 7) is 4.52. The van der Waals surface area contributed by atoms with E-state index in [9.17, 15) is 4.79 Å². The lowest BCUT2D eigenvalue weighted by molar-refractivity contribution is -0.122. The van der Waals surface area contributed by atoms with Crippen molar-refractivity contribution in [3.8, 4) is 11.3 Å². The molecule has 0 spiro atoms. The fourth-order valence-electron chi connectivity index (χ4n) is 4.72. The van der Waals surface area contributed by atoms with Gasteiger partial charge in [-0.3, -0.25) is 9.78 Å². The number of carbonyl (C=O) groups excluding carboxylic acids is 1. The molecule has 2 aliphatic rings. The minimum Gasteiger partial charge on any atom is -0.354 e. The molecule has 158 valence electrons. The van der Waals surface area contributed by atoms with E-state index in [0.29, 0.717) is 6.54 Å². The topological polar surface area (TPSA) is 62.2 Å². The van der Waals surface area contributed by atoms with E-state index in [1.165, 1.54) is 11.1 Å². The third-order valence-corrected chi connectivity index (χ3v) is 6.32. The Hall–Kier alpha value is -3.28. The third-order valence-electron chi connectivity index (χ3n) is 6.32. The van der Waals surface area contributed by atoms with Crippen molar-refractivity contribution in [1.29, 1.82) is 0 Å². The van der Waals surface area contributed by atoms with Crippen LogP contribution in [0.5, 0.6) is 0 Å². The molecule has 0 radical (unpaired) electrons. The molecule has 0 N–H and O–H groups in total. The van der Waals surface area contributed by atoms with E-state index < -0.39 is 0 Å². The van der Waals surface area contributed by atoms with Crippen LogP contribution in [-0.2, 0) is 11.2 Å². The zero-order valence-electron chi connectivity index (χ0n) is 17.9. The Labute approximate surface area is 182 Å². The van der Waals surface area contributed by atoms with Crippen LogP contribution in [0.15, 0.2) is 54.9 Å². The molecule has 0 saturated carbocycles. The lowest BCUT2D eigenvalue weighted by Gasteiger charge is -2.37. The van der Waals surface area contributed by atoms with E-state index in [1.807, 2.05) is 29.2 Å². The van der Waals surface area contributed by atoms with Gasteiger partial charge >= 0.3 is 0 Å². The lowest BCUT2D eigenvalue weighted by atomic mass is 9.93. The SMILES string of the molecule is Cc1ccc2c(c1)CCCN2C(=O)C1CCCN(c2ccc(-c3cccnc3)nn2)C1. The van der Waals surface area contributed by atoms with Crippen LogP contribution in [0.3, 0.4) is 0 Å². The lowest BCUT2D eigenvalue weighted by Crippen LogP contribution is -2.46. The molecule has 31 heavy (non-hydrogen) atoms. The van der Waals surface area contributed by atoms with Gasteiger partial charge in [-0.25, -0.2) is 0 Å². The highest BCUT2D eigenvalue weighted by Gasteiger charge is 2.32. The maximum absolute atomic E-state index is 13.5. The second kappa shape index (κ2) is 8.46. The van der Waals surface area contributed by atoms with Crippen LogP contribution in [-0.4, -0.2) is 40.7 Å². The van der Waals surface area contributed by atoms with Crippen LogP contribution in [0.2, 0.25) is 0 Å². The molecule has 5 rings (SSSR count). The Balaban J connectivity index is 1.31. The number of pyridine rings is 1. The van der Waals surface area contributed by atoms with Crippen LogP contribution in [0.4, 0.5) is 11.5 Å². The molecule has 1 amide bonds. The van der Waals surface area contributed by atoms with Crippen LogP contribution in [0, 0.1) is 12.8 Å². The summed E-state index contributed by atoms with van der Waals surface area (Å²) in [4.78, 5) is 21.8. The van der Waals surface area contributed by atoms with E-state index in [2.05, 4.69) is 45.2 Å². The molecule has 1 unspecified atom stereocenters. The standard InChI is InChI=1S/C25H27N5O/c1-18-8-10-23-19(15-18)6-4-14-30(23)25(31)21-7-3-13-29(17-21)24-11-9-22(27-28-24)20-5-2-12-26-16-20/h2,5,8-12,15-16,21H,3-4,6-7,13-14,17H2,1H3. The monoisotopic (exact) mass is 413 g/mol. The van der Waals surface area contributed by atoms with Gasteiger partial charge in [-0.2, -0.15) is 0 Å². The molecule has 0 bridgehead atoms. The number of hydrogen-bond acceptors (Lipinski definition) is 5. The van der Waals surface area contributed by atoms with Crippen molar-refractivity contribution in [2.75, 3.05) is 29.4 Å². The average Bonchev–Trinajstić information content (AvgIpc) is 2.84. The summed E-state index contributed by atoms with van der Waals surface area (Å²) in [6, 6.07) is 14.3. The summed E-state index contributed by atoms with van der Waals surface area (Å²) in [6.07, 6.45) is 7.52. The zero-order chi connectivity index (χ0) is 21.2. The highest BCUT2D eigenvalue weighted by molar-refractivity contribution is 5.96. The van der Waals surface area contributed by atoms with Crippen molar-refractivity contribution in [3.05, 3.63) is 66.0 Å². The number of fused-ring (bicyclic) bond motifs is 1. The van der Waals surface area contributed by atoms with Gasteiger partial charge in [0.2, 0.25) is 5.91 Å². The van der Waals surface area contributed by atoms with Gasteiger partial charge in [0.15, 0.2) is 5.82 Å². The molecule has 1 saturated heterocycles. The second-order valence-electron chi connectivity index (χ2n) is 8.53. The predicted octanol–water partition coefficient (Wildman–Crippen LogP) is 4.04. The highest BCUT2D eigenvalue weighted by atomic mass is 16.2. The molecule has 0 aliphatic carbocycles. The first-order valence-electron chi connectivity index (χ1n) is 11.1. The summed E-state index contributed by atoms with van der Waals surface area (Å²) < 4.78 is 0. The van der Waals surface area contributed by atoms with Gasteiger partial charge in [0.1, 0.15) is 0 Å². The van der Waals surface area contributed by atoms with Gasteiger partial charge in [-0.1, -0.05) is 17.7 Å². The highest BCUT2D eigenvalue weighted by Crippen LogP contribution is 2.31. The van der Waals surface area contributed by atoms with Gasteiger partial charge in [0.05, 0.1) is 11.6 Å². The fraction of sp³-hybridized carbons (Fsp3) is 0.360. The molecule has 2 aliphatic heterocycles. The first-order valence-corrected chi connectivity index (χ1v) is 11.1. The fourth-order valence-corrected chi connectivity index (χ4v) is 4.72. The molecule has 6 heteroatoms. The van der Waals surface area contributed by atoms with Gasteiger partial charge < -0.3 is 9.80 Å². The smallest absolute Gasteiger partial charge is 0.231 e. The van der Waals surface area contributed by atoms with Crippen molar-refractivity contribution in [2.24, 2.45) is 5.92 Å². The summed E-state index contributed by atoms with van der Waals surface area (Å²) in [5, 5.41) is 8.85. The number of hydrogen-bond donors (Lipinski definition) is 0. The van der Waals surface area contributed by atoms with Gasteiger partial charge in [0.25, 0.3) is 0 Å². The van der Waals surface area contributed by atoms with E-state index in [1.54, 1.807) is 12.4 Å². The van der Waals surface area contributed by atoms with Crippen molar-refractivity contribution in [3.63, 3.8) is 0 Å². The Morgan fingerprint density at radius 2 is 2.00 bits per heavy atom. The van der Waals surface area contributed by atoms with Gasteiger partial charge in [0, 0.05) is 43.3 Å². The molecular weight excluding hydrogens is 386 g/mol. The van der Waals surface area contributed by atoms with Crippen molar-refractivity contribution in [2.45, 2.75) is 32.6 Å². The number of benzene rings is 1. The molecule has 1 aromatic carbocycles. The van der Waals surface area contributed by atoms with E-state index in [-0.39, 0.29) is 11.8 Å². The Morgan fingerprint density at radius 3 is 2.81 bits per heavy atom. The van der Waals surface area contributed by atoms with Crippen LogP contribution >= 0.6 is 0 Å². The third kappa shape index (κ3) is 4.02. The molecule has 4 heterocycles. The van der Waals surface area contributed by atoms with E-state index >= 15 is 0 Å². The van der Waals surface area contributed by atoms with Crippen molar-refractivity contribution < 1.29 is 4.79 Å². The first kappa shape index (κ1) is 19.7. The van der Waals surface area contributed by atoms with Crippen LogP contribution < -0.4 is 9.80 Å². The number of amides is 1. The van der Waals surface area contributed by atoms with E-state index in [4.69, 9.17) is 0 Å². The molecule has 6 nitrogen and oxygen atoms in total. The normalized spacial score (nSPS) is 18.5. The first-order chi connectivity index (χ1) is 15.2. The molecule has 1 atom stereocenters. The zero-order valence-corrected chi connectivity index (χ0v) is 17.9. The summed E-state index contributed by atoms with van der Waals surface area (Å²) in [5.74, 6) is 1.06. The number of nitrogens with zero attached hydrogens (tertiary/aromatic N) is 5. The van der Waals surface area contributed by atoms with Crippen LogP contribution in [0.1, 0.15) is 30.4 Å². The molecule has 1 fully saturated rings. The molecule has 2 aromatic heterocycles. The minimum atomic E-state index is -0.0131. The number of rotatable bonds is 3. The average molecular weight is 414 g/mol. The van der Waals surface area contributed by atoms with Crippen LogP contribution in [0.25, 0.3) is 11.3 Å². The number of carbonyl (C=O) groups is 1. The summed E-state index contributed by atoms with van der Waals surface area (Å²) in [5.41, 5.74) is 5.41. The number of aryl methyl sites for hydroxylation is 2. The Bertz CT molecular complexity index is 1070. The Morgan fingerprint density at radius 1 is 1.06 bits per heavy atom. The quantitative estimate of drug-likeness (QED) is 0.648.